The van der Waals surface area contributed by atoms with Crippen molar-refractivity contribution in [3.8, 4) is 0 Å². The van der Waals surface area contributed by atoms with Gasteiger partial charge in [-0.3, -0.25) is 4.57 Å². The number of hydrogen-bond donors (Lipinski definition) is 1. The molecule has 2 aromatic rings. The zero-order valence-electron chi connectivity index (χ0n) is 11.4. The van der Waals surface area contributed by atoms with Gasteiger partial charge >= 0.3 is 6.09 Å². The Morgan fingerprint density at radius 1 is 1.25 bits per heavy atom. The summed E-state index contributed by atoms with van der Waals surface area (Å²) in [6.45, 7) is 0. The summed E-state index contributed by atoms with van der Waals surface area (Å²) in [5.41, 5.74) is 2.06. The number of thioether (sulfide) groups is 1. The van der Waals surface area contributed by atoms with Crippen LogP contribution in [0.5, 0.6) is 0 Å². The summed E-state index contributed by atoms with van der Waals surface area (Å²) in [6, 6.07) is 7.96. The monoisotopic (exact) mass is 289 g/mol. The van der Waals surface area contributed by atoms with Crippen LogP contribution in [0.15, 0.2) is 30.5 Å². The summed E-state index contributed by atoms with van der Waals surface area (Å²) in [7, 11) is 0. The number of fused-ring (bicyclic) bond motifs is 1. The zero-order valence-corrected chi connectivity index (χ0v) is 12.2. The van der Waals surface area contributed by atoms with Crippen LogP contribution in [0.1, 0.15) is 37.7 Å². The first-order chi connectivity index (χ1) is 9.74. The fourth-order valence-corrected chi connectivity index (χ4v) is 4.17. The van der Waals surface area contributed by atoms with Crippen LogP contribution in [0.2, 0.25) is 0 Å². The second-order valence-electron chi connectivity index (χ2n) is 5.43. The number of carboxylic acid groups (broad SMARTS) is 1. The summed E-state index contributed by atoms with van der Waals surface area (Å²) < 4.78 is 1.27. The molecule has 4 heteroatoms. The summed E-state index contributed by atoms with van der Waals surface area (Å²) in [5.74, 6) is 1.03. The molecule has 1 saturated carbocycles. The van der Waals surface area contributed by atoms with E-state index in [4.69, 9.17) is 5.11 Å². The average molecular weight is 289 g/mol. The molecule has 1 aromatic heterocycles. The van der Waals surface area contributed by atoms with Crippen molar-refractivity contribution in [3.05, 3.63) is 36.0 Å². The van der Waals surface area contributed by atoms with Gasteiger partial charge in [-0.05, 0) is 36.6 Å². The van der Waals surface area contributed by atoms with Crippen molar-refractivity contribution in [2.24, 2.45) is 0 Å². The Morgan fingerprint density at radius 3 is 2.80 bits per heavy atom. The Hall–Kier alpha value is -1.42. The highest BCUT2D eigenvalue weighted by Crippen LogP contribution is 2.31. The van der Waals surface area contributed by atoms with Crippen LogP contribution in [0.3, 0.4) is 0 Å². The Bertz CT molecular complexity index is 614. The lowest BCUT2D eigenvalue weighted by molar-refractivity contribution is 0.197. The van der Waals surface area contributed by atoms with Gasteiger partial charge in [0.05, 0.1) is 5.52 Å². The van der Waals surface area contributed by atoms with Gasteiger partial charge in [-0.2, -0.15) is 11.8 Å². The molecule has 3 rings (SSSR count). The zero-order chi connectivity index (χ0) is 13.9. The summed E-state index contributed by atoms with van der Waals surface area (Å²) in [4.78, 5) is 11.1. The van der Waals surface area contributed by atoms with Crippen LogP contribution in [0.4, 0.5) is 4.79 Å². The van der Waals surface area contributed by atoms with Crippen LogP contribution in [0.25, 0.3) is 10.9 Å². The van der Waals surface area contributed by atoms with Crippen molar-refractivity contribution in [3.63, 3.8) is 0 Å². The minimum absolute atomic E-state index is 0.768. The van der Waals surface area contributed by atoms with E-state index < -0.39 is 6.09 Å². The lowest BCUT2D eigenvalue weighted by atomic mass is 10.0. The van der Waals surface area contributed by atoms with Gasteiger partial charge in [0.2, 0.25) is 0 Å². The van der Waals surface area contributed by atoms with E-state index in [0.29, 0.717) is 0 Å². The number of nitrogens with zero attached hydrogens (tertiary/aromatic N) is 1. The second-order valence-corrected chi connectivity index (χ2v) is 6.72. The minimum Gasteiger partial charge on any atom is -0.464 e. The highest BCUT2D eigenvalue weighted by Gasteiger charge is 2.14. The Balaban J connectivity index is 1.71. The number of hydrogen-bond acceptors (Lipinski definition) is 2. The quantitative estimate of drug-likeness (QED) is 0.888. The molecule has 0 bridgehead atoms. The molecule has 0 atom stereocenters. The normalized spacial score (nSPS) is 16.6. The maximum Gasteiger partial charge on any atom is 0.415 e. The molecule has 0 unspecified atom stereocenters. The van der Waals surface area contributed by atoms with Crippen LogP contribution in [-0.2, 0) is 5.75 Å². The van der Waals surface area contributed by atoms with Crippen molar-refractivity contribution in [2.75, 3.05) is 0 Å². The molecule has 1 aliphatic carbocycles. The van der Waals surface area contributed by atoms with Gasteiger partial charge in [0.1, 0.15) is 0 Å². The molecule has 1 aromatic carbocycles. The number of aromatic nitrogens is 1. The van der Waals surface area contributed by atoms with Crippen molar-refractivity contribution >= 4 is 28.8 Å². The predicted octanol–water partition coefficient (Wildman–Crippen LogP) is 4.73. The third-order valence-electron chi connectivity index (χ3n) is 4.00. The molecule has 1 aliphatic rings. The van der Waals surface area contributed by atoms with E-state index in [2.05, 4.69) is 12.1 Å². The molecule has 20 heavy (non-hydrogen) atoms. The lowest BCUT2D eigenvalue weighted by Crippen LogP contribution is -2.08. The Morgan fingerprint density at radius 2 is 2.05 bits per heavy atom. The van der Waals surface area contributed by atoms with E-state index >= 15 is 0 Å². The third kappa shape index (κ3) is 2.85. The molecule has 1 N–H and O–H groups in total. The maximum atomic E-state index is 11.1. The largest absolute Gasteiger partial charge is 0.464 e. The van der Waals surface area contributed by atoms with E-state index in [-0.39, 0.29) is 0 Å². The molecule has 106 valence electrons. The van der Waals surface area contributed by atoms with Crippen molar-refractivity contribution < 1.29 is 9.90 Å². The van der Waals surface area contributed by atoms with Crippen molar-refractivity contribution in [1.29, 1.82) is 0 Å². The first kappa shape index (κ1) is 13.6. The molecular formula is C16H19NO2S. The Kier molecular flexibility index (Phi) is 4.01. The summed E-state index contributed by atoms with van der Waals surface area (Å²) in [5, 5.41) is 10.9. The highest BCUT2D eigenvalue weighted by atomic mass is 32.2. The van der Waals surface area contributed by atoms with E-state index in [1.165, 1.54) is 42.2 Å². The third-order valence-corrected chi connectivity index (χ3v) is 5.44. The van der Waals surface area contributed by atoms with Gasteiger partial charge in [-0.1, -0.05) is 25.3 Å². The first-order valence-electron chi connectivity index (χ1n) is 7.19. The van der Waals surface area contributed by atoms with Gasteiger partial charge < -0.3 is 5.11 Å². The molecule has 0 radical (unpaired) electrons. The van der Waals surface area contributed by atoms with Crippen LogP contribution in [0, 0.1) is 0 Å². The first-order valence-corrected chi connectivity index (χ1v) is 8.24. The number of benzene rings is 1. The topological polar surface area (TPSA) is 42.2 Å². The number of rotatable bonds is 3. The van der Waals surface area contributed by atoms with Gasteiger partial charge in [0.25, 0.3) is 0 Å². The fourth-order valence-electron chi connectivity index (χ4n) is 2.89. The predicted molar refractivity (Wildman–Crippen MR) is 83.5 cm³/mol. The number of carbonyl (C=O) groups is 1. The standard InChI is InChI=1S/C16H19NO2S/c18-16(19)17-9-8-13-10-12(6-7-15(13)17)11-20-14-4-2-1-3-5-14/h6-10,14H,1-5,11H2,(H,18,19). The highest BCUT2D eigenvalue weighted by molar-refractivity contribution is 7.99. The minimum atomic E-state index is -0.927. The van der Waals surface area contributed by atoms with Crippen LogP contribution in [-0.4, -0.2) is 21.0 Å². The van der Waals surface area contributed by atoms with Crippen LogP contribution >= 0.6 is 11.8 Å². The molecular weight excluding hydrogens is 270 g/mol. The molecule has 0 amide bonds. The fraction of sp³-hybridized carbons (Fsp3) is 0.438. The van der Waals surface area contributed by atoms with Crippen molar-refractivity contribution in [2.45, 2.75) is 43.1 Å². The van der Waals surface area contributed by atoms with E-state index in [0.717, 1.165) is 21.9 Å². The van der Waals surface area contributed by atoms with Gasteiger partial charge in [0.15, 0.2) is 0 Å². The molecule has 0 aliphatic heterocycles. The van der Waals surface area contributed by atoms with Crippen LogP contribution < -0.4 is 0 Å². The SMILES string of the molecule is O=C(O)n1ccc2cc(CSC3CCCCC3)ccc21. The van der Waals surface area contributed by atoms with E-state index in [1.807, 2.05) is 23.9 Å². The van der Waals surface area contributed by atoms with Gasteiger partial charge in [-0.25, -0.2) is 4.79 Å². The Labute approximate surface area is 123 Å². The smallest absolute Gasteiger partial charge is 0.415 e. The second kappa shape index (κ2) is 5.92. The molecule has 0 spiro atoms. The maximum absolute atomic E-state index is 11.1. The van der Waals surface area contributed by atoms with E-state index in [1.54, 1.807) is 6.20 Å². The van der Waals surface area contributed by atoms with Gasteiger partial charge in [0, 0.05) is 22.6 Å². The van der Waals surface area contributed by atoms with Gasteiger partial charge in [-0.15, -0.1) is 0 Å². The average Bonchev–Trinajstić information content (AvgIpc) is 2.89. The molecule has 0 saturated heterocycles. The van der Waals surface area contributed by atoms with Crippen molar-refractivity contribution in [1.82, 2.24) is 4.57 Å². The summed E-state index contributed by atoms with van der Waals surface area (Å²) in [6.07, 6.45) is 7.53. The summed E-state index contributed by atoms with van der Waals surface area (Å²) >= 11 is 2.05. The van der Waals surface area contributed by atoms with E-state index in [9.17, 15) is 4.79 Å². The molecule has 3 nitrogen and oxygen atoms in total. The molecule has 1 fully saturated rings. The lowest BCUT2D eigenvalue weighted by Gasteiger charge is -2.20. The molecule has 1 heterocycles.